The van der Waals surface area contributed by atoms with Crippen LogP contribution in [0.2, 0.25) is 0 Å². The zero-order chi connectivity index (χ0) is 28.4. The number of aromatic nitrogens is 2. The largest absolute Gasteiger partial charge is 0.493 e. The number of hydrogen-bond acceptors (Lipinski definition) is 5. The first kappa shape index (κ1) is 26.9. The molecule has 2 aromatic heterocycles. The van der Waals surface area contributed by atoms with Crippen LogP contribution in [0, 0.1) is 5.82 Å². The van der Waals surface area contributed by atoms with E-state index in [4.69, 9.17) is 4.42 Å². The lowest BCUT2D eigenvalue weighted by Crippen LogP contribution is -2.28. The Morgan fingerprint density at radius 3 is 2.48 bits per heavy atom. The number of carbonyl (C=O) groups is 1. The summed E-state index contributed by atoms with van der Waals surface area (Å²) in [7, 11) is 0.0506. The summed E-state index contributed by atoms with van der Waals surface area (Å²) in [5.74, 6) is -0.660. The van der Waals surface area contributed by atoms with E-state index in [0.29, 0.717) is 40.7 Å². The first-order valence-electron chi connectivity index (χ1n) is 12.5. The summed E-state index contributed by atoms with van der Waals surface area (Å²) in [5, 5.41) is 13.1. The maximum Gasteiger partial charge on any atom is 0.328 e. The van der Waals surface area contributed by atoms with Crippen molar-refractivity contribution in [2.24, 2.45) is 0 Å². The molecule has 3 N–H and O–H groups in total. The van der Waals surface area contributed by atoms with Crippen molar-refractivity contribution in [2.45, 2.75) is 13.0 Å². The van der Waals surface area contributed by atoms with Gasteiger partial charge in [-0.05, 0) is 42.3 Å². The Morgan fingerprint density at radius 2 is 1.85 bits per heavy atom. The molecule has 3 aromatic carbocycles. The highest BCUT2D eigenvalue weighted by atomic mass is 32.2. The van der Waals surface area contributed by atoms with E-state index in [0.717, 1.165) is 11.1 Å². The number of nitrogens with zero attached hydrogens (tertiary/aromatic N) is 2. The Hall–Kier alpha value is -4.64. The SMILES string of the molecule is CNC(=O)c1c(-c2ccc(F)cc2)oc2cc(N(CCCn3c(O)c[nH]c3=O)S(C)=O)c(-c3ccccc3)cc12. The van der Waals surface area contributed by atoms with Crippen LogP contribution in [0.15, 0.2) is 82.1 Å². The Balaban J connectivity index is 1.66. The van der Waals surface area contributed by atoms with Gasteiger partial charge in [-0.1, -0.05) is 30.3 Å². The minimum atomic E-state index is -1.47. The van der Waals surface area contributed by atoms with Crippen LogP contribution >= 0.6 is 0 Å². The summed E-state index contributed by atoms with van der Waals surface area (Å²) in [6.45, 7) is 0.500. The molecule has 2 heterocycles. The lowest BCUT2D eigenvalue weighted by molar-refractivity contribution is 0.0964. The minimum Gasteiger partial charge on any atom is -0.493 e. The van der Waals surface area contributed by atoms with Gasteiger partial charge in [-0.15, -0.1) is 0 Å². The molecule has 0 aliphatic rings. The van der Waals surface area contributed by atoms with E-state index in [2.05, 4.69) is 10.3 Å². The lowest BCUT2D eigenvalue weighted by Gasteiger charge is -2.25. The van der Waals surface area contributed by atoms with E-state index in [-0.39, 0.29) is 24.1 Å². The first-order chi connectivity index (χ1) is 19.3. The number of halogens is 1. The van der Waals surface area contributed by atoms with Crippen LogP contribution in [-0.2, 0) is 17.5 Å². The van der Waals surface area contributed by atoms with E-state index in [1.807, 2.05) is 36.4 Å². The summed E-state index contributed by atoms with van der Waals surface area (Å²) >= 11 is 0. The molecular formula is C29H27FN4O5S. The van der Waals surface area contributed by atoms with Crippen LogP contribution < -0.4 is 15.3 Å². The molecule has 0 radical (unpaired) electrons. The van der Waals surface area contributed by atoms with E-state index in [1.165, 1.54) is 29.9 Å². The predicted molar refractivity (Wildman–Crippen MR) is 153 cm³/mol. The number of aromatic hydroxyl groups is 1. The number of fused-ring (bicyclic) bond motifs is 1. The lowest BCUT2D eigenvalue weighted by atomic mass is 9.98. The Morgan fingerprint density at radius 1 is 1.12 bits per heavy atom. The molecule has 40 heavy (non-hydrogen) atoms. The third-order valence-corrected chi connectivity index (χ3v) is 7.62. The van der Waals surface area contributed by atoms with Crippen molar-refractivity contribution in [3.8, 4) is 28.3 Å². The zero-order valence-corrected chi connectivity index (χ0v) is 22.6. The second kappa shape index (κ2) is 11.2. The number of benzene rings is 3. The summed E-state index contributed by atoms with van der Waals surface area (Å²) in [5.41, 5.74) is 2.96. The van der Waals surface area contributed by atoms with Crippen molar-refractivity contribution in [1.29, 1.82) is 0 Å². The van der Waals surface area contributed by atoms with Gasteiger partial charge in [0.1, 0.15) is 28.1 Å². The van der Waals surface area contributed by atoms with Gasteiger partial charge in [0.05, 0.1) is 17.4 Å². The van der Waals surface area contributed by atoms with Gasteiger partial charge in [-0.25, -0.2) is 13.4 Å². The van der Waals surface area contributed by atoms with Crippen molar-refractivity contribution in [3.05, 3.63) is 94.8 Å². The summed E-state index contributed by atoms with van der Waals surface area (Å²) in [6.07, 6.45) is 3.18. The molecular weight excluding hydrogens is 535 g/mol. The normalized spacial score (nSPS) is 12.0. The number of H-pyrrole nitrogens is 1. The molecule has 1 atom stereocenters. The number of aromatic amines is 1. The monoisotopic (exact) mass is 562 g/mol. The minimum absolute atomic E-state index is 0.175. The molecule has 0 saturated heterocycles. The molecule has 0 aliphatic carbocycles. The molecule has 0 saturated carbocycles. The highest BCUT2D eigenvalue weighted by Gasteiger charge is 2.25. The maximum absolute atomic E-state index is 13.6. The average molecular weight is 563 g/mol. The Bertz CT molecular complexity index is 1760. The number of amides is 1. The predicted octanol–water partition coefficient (Wildman–Crippen LogP) is 4.65. The second-order valence-corrected chi connectivity index (χ2v) is 10.4. The van der Waals surface area contributed by atoms with Crippen molar-refractivity contribution in [3.63, 3.8) is 0 Å². The van der Waals surface area contributed by atoms with Gasteiger partial charge in [-0.3, -0.25) is 13.7 Å². The maximum atomic E-state index is 13.6. The van der Waals surface area contributed by atoms with Crippen LogP contribution in [0.25, 0.3) is 33.4 Å². The fourth-order valence-electron chi connectivity index (χ4n) is 4.70. The van der Waals surface area contributed by atoms with Crippen molar-refractivity contribution in [1.82, 2.24) is 14.9 Å². The summed E-state index contributed by atoms with van der Waals surface area (Å²) < 4.78 is 35.8. The second-order valence-electron chi connectivity index (χ2n) is 9.11. The van der Waals surface area contributed by atoms with Crippen molar-refractivity contribution in [2.75, 3.05) is 24.2 Å². The van der Waals surface area contributed by atoms with E-state index < -0.39 is 22.5 Å². The number of rotatable bonds is 9. The highest BCUT2D eigenvalue weighted by Crippen LogP contribution is 2.41. The highest BCUT2D eigenvalue weighted by molar-refractivity contribution is 7.85. The molecule has 0 bridgehead atoms. The number of carbonyl (C=O) groups excluding carboxylic acids is 1. The fraction of sp³-hybridized carbons (Fsp3) is 0.172. The van der Waals surface area contributed by atoms with Gasteiger partial charge in [-0.2, -0.15) is 0 Å². The number of hydrogen-bond donors (Lipinski definition) is 3. The van der Waals surface area contributed by atoms with Gasteiger partial charge in [0.2, 0.25) is 5.88 Å². The fourth-order valence-corrected chi connectivity index (χ4v) is 5.52. The van der Waals surface area contributed by atoms with Crippen LogP contribution in [0.5, 0.6) is 5.88 Å². The van der Waals surface area contributed by atoms with Crippen LogP contribution in [-0.4, -0.2) is 44.6 Å². The van der Waals surface area contributed by atoms with Gasteiger partial charge in [0.15, 0.2) is 0 Å². The molecule has 5 rings (SSSR count). The van der Waals surface area contributed by atoms with E-state index in [1.54, 1.807) is 28.8 Å². The smallest absolute Gasteiger partial charge is 0.328 e. The topological polar surface area (TPSA) is 121 Å². The summed E-state index contributed by atoms with van der Waals surface area (Å²) in [4.78, 5) is 27.5. The Kier molecular flexibility index (Phi) is 7.56. The van der Waals surface area contributed by atoms with Crippen LogP contribution in [0.4, 0.5) is 10.1 Å². The molecule has 1 amide bonds. The van der Waals surface area contributed by atoms with Crippen molar-refractivity contribution < 1.29 is 22.9 Å². The molecule has 0 spiro atoms. The molecule has 206 valence electrons. The zero-order valence-electron chi connectivity index (χ0n) is 21.8. The Labute approximate surface area is 231 Å². The van der Waals surface area contributed by atoms with Gasteiger partial charge >= 0.3 is 5.69 Å². The number of furan rings is 1. The standard InChI is InChI=1S/C29H27FN4O5S/c1-31-28(36)26-22-15-21(18-7-4-3-5-8-18)23(16-24(22)39-27(26)19-9-11-20(30)12-10-19)34(40(2)38)14-6-13-33-25(35)17-32-29(33)37/h3-5,7-12,15-17,35H,6,13-14H2,1-2H3,(H,31,36)(H,32,37). The molecule has 0 aliphatic heterocycles. The van der Waals surface area contributed by atoms with Crippen LogP contribution in [0.3, 0.4) is 0 Å². The van der Waals surface area contributed by atoms with Gasteiger partial charge < -0.3 is 19.8 Å². The van der Waals surface area contributed by atoms with Crippen molar-refractivity contribution >= 4 is 33.5 Å². The average Bonchev–Trinajstić information content (AvgIpc) is 3.49. The molecule has 1 unspecified atom stereocenters. The first-order valence-corrected chi connectivity index (χ1v) is 14.0. The molecule has 5 aromatic rings. The van der Waals surface area contributed by atoms with Gasteiger partial charge in [0, 0.05) is 49.0 Å². The number of anilines is 1. The molecule has 11 heteroatoms. The quantitative estimate of drug-likeness (QED) is 0.242. The molecule has 9 nitrogen and oxygen atoms in total. The number of imidazole rings is 1. The summed E-state index contributed by atoms with van der Waals surface area (Å²) in [6, 6.07) is 18.8. The third kappa shape index (κ3) is 5.15. The number of nitrogens with one attached hydrogen (secondary N) is 2. The third-order valence-electron chi connectivity index (χ3n) is 6.62. The van der Waals surface area contributed by atoms with Crippen LogP contribution in [0.1, 0.15) is 16.8 Å². The van der Waals surface area contributed by atoms with E-state index in [9.17, 15) is 23.3 Å². The van der Waals surface area contributed by atoms with Gasteiger partial charge in [0.25, 0.3) is 5.91 Å². The van der Waals surface area contributed by atoms with E-state index >= 15 is 0 Å². The molecule has 0 fully saturated rings.